The molecule has 0 heterocycles. The van der Waals surface area contributed by atoms with E-state index in [1.54, 1.807) is 18.2 Å². The van der Waals surface area contributed by atoms with E-state index in [1.165, 1.54) is 7.11 Å². The lowest BCUT2D eigenvalue weighted by Crippen LogP contribution is -2.34. The Morgan fingerprint density at radius 2 is 2.15 bits per heavy atom. The zero-order valence-electron chi connectivity index (χ0n) is 12.1. The number of hydrogen-bond acceptors (Lipinski definition) is 3. The van der Waals surface area contributed by atoms with Crippen molar-refractivity contribution >= 4 is 0 Å². The first kappa shape index (κ1) is 15.3. The molecular weight excluding hydrogens is 259 g/mol. The number of hydrogen-bond donors (Lipinski definition) is 1. The van der Waals surface area contributed by atoms with Crippen molar-refractivity contribution in [2.24, 2.45) is 5.92 Å². The molecule has 0 radical (unpaired) electrons. The topological polar surface area (TPSA) is 38.7 Å². The van der Waals surface area contributed by atoms with E-state index in [-0.39, 0.29) is 11.6 Å². The first-order valence-corrected chi connectivity index (χ1v) is 7.25. The van der Waals surface area contributed by atoms with Crippen molar-refractivity contribution in [1.29, 1.82) is 0 Å². The maximum absolute atomic E-state index is 14.0. The van der Waals surface area contributed by atoms with Gasteiger partial charge in [0.1, 0.15) is 0 Å². The molecule has 0 amide bonds. The minimum atomic E-state index is -0.510. The Labute approximate surface area is 119 Å². The average Bonchev–Trinajstić information content (AvgIpc) is 2.39. The highest BCUT2D eigenvalue weighted by Crippen LogP contribution is 2.34. The average molecular weight is 282 g/mol. The highest BCUT2D eigenvalue weighted by molar-refractivity contribution is 5.31. The monoisotopic (exact) mass is 282 g/mol. The molecule has 1 saturated carbocycles. The molecule has 1 unspecified atom stereocenters. The van der Waals surface area contributed by atoms with Crippen LogP contribution in [0.3, 0.4) is 0 Å². The Hall–Kier alpha value is -1.13. The first-order chi connectivity index (χ1) is 9.63. The maximum Gasteiger partial charge on any atom is 0.168 e. The van der Waals surface area contributed by atoms with Crippen LogP contribution in [0.15, 0.2) is 18.2 Å². The minimum Gasteiger partial charge on any atom is -0.494 e. The molecule has 1 N–H and O–H groups in total. The summed E-state index contributed by atoms with van der Waals surface area (Å²) in [5.41, 5.74) is 0.512. The second-order valence-corrected chi connectivity index (χ2v) is 5.44. The normalized spacial score (nSPS) is 23.2. The SMILES string of the molecule is CCOC1CC(CC(O)Cc2cccc(OC)c2F)C1. The molecule has 0 aromatic heterocycles. The van der Waals surface area contributed by atoms with Crippen LogP contribution in [-0.2, 0) is 11.2 Å². The molecule has 0 bridgehead atoms. The molecule has 1 aliphatic carbocycles. The summed E-state index contributed by atoms with van der Waals surface area (Å²) in [6.07, 6.45) is 2.89. The van der Waals surface area contributed by atoms with Crippen LogP contribution in [0.1, 0.15) is 31.7 Å². The summed E-state index contributed by atoms with van der Waals surface area (Å²) in [6, 6.07) is 5.03. The molecule has 1 aliphatic rings. The van der Waals surface area contributed by atoms with Gasteiger partial charge in [-0.2, -0.15) is 0 Å². The molecule has 1 aromatic rings. The van der Waals surface area contributed by atoms with Gasteiger partial charge in [-0.15, -0.1) is 0 Å². The highest BCUT2D eigenvalue weighted by atomic mass is 19.1. The summed E-state index contributed by atoms with van der Waals surface area (Å²) in [7, 11) is 1.45. The summed E-state index contributed by atoms with van der Waals surface area (Å²) < 4.78 is 24.4. The summed E-state index contributed by atoms with van der Waals surface area (Å²) >= 11 is 0. The third-order valence-corrected chi connectivity index (χ3v) is 3.92. The minimum absolute atomic E-state index is 0.231. The Morgan fingerprint density at radius 3 is 2.80 bits per heavy atom. The van der Waals surface area contributed by atoms with Gasteiger partial charge >= 0.3 is 0 Å². The third-order valence-electron chi connectivity index (χ3n) is 3.92. The van der Waals surface area contributed by atoms with Crippen LogP contribution >= 0.6 is 0 Å². The molecule has 4 heteroatoms. The Kier molecular flexibility index (Phi) is 5.38. The van der Waals surface area contributed by atoms with Gasteiger partial charge in [-0.05, 0) is 43.7 Å². The molecular formula is C16H23FO3. The van der Waals surface area contributed by atoms with E-state index in [1.807, 2.05) is 6.92 Å². The van der Waals surface area contributed by atoms with Gasteiger partial charge in [0.25, 0.3) is 0 Å². The molecule has 1 aromatic carbocycles. The number of benzene rings is 1. The first-order valence-electron chi connectivity index (χ1n) is 7.25. The molecule has 0 spiro atoms. The van der Waals surface area contributed by atoms with Gasteiger partial charge < -0.3 is 14.6 Å². The molecule has 0 saturated heterocycles. The van der Waals surface area contributed by atoms with Crippen molar-refractivity contribution in [2.75, 3.05) is 13.7 Å². The Bertz CT molecular complexity index is 430. The summed E-state index contributed by atoms with van der Waals surface area (Å²) in [5, 5.41) is 10.1. The van der Waals surface area contributed by atoms with Crippen molar-refractivity contribution in [3.8, 4) is 5.75 Å². The van der Waals surface area contributed by atoms with E-state index in [9.17, 15) is 9.50 Å². The van der Waals surface area contributed by atoms with E-state index in [2.05, 4.69) is 0 Å². The van der Waals surface area contributed by atoms with Gasteiger partial charge in [-0.25, -0.2) is 4.39 Å². The van der Waals surface area contributed by atoms with Crippen molar-refractivity contribution in [1.82, 2.24) is 0 Å². The lowest BCUT2D eigenvalue weighted by Gasteiger charge is -2.36. The predicted octanol–water partition coefficient (Wildman–Crippen LogP) is 2.94. The number of methoxy groups -OCH3 is 1. The van der Waals surface area contributed by atoms with Crippen molar-refractivity contribution in [3.63, 3.8) is 0 Å². The Balaban J connectivity index is 1.82. The van der Waals surface area contributed by atoms with Gasteiger partial charge in [0.15, 0.2) is 11.6 Å². The van der Waals surface area contributed by atoms with Crippen LogP contribution in [0, 0.1) is 11.7 Å². The zero-order valence-corrected chi connectivity index (χ0v) is 12.1. The van der Waals surface area contributed by atoms with Gasteiger partial charge in [-0.1, -0.05) is 12.1 Å². The fourth-order valence-electron chi connectivity index (χ4n) is 2.83. The van der Waals surface area contributed by atoms with Crippen molar-refractivity contribution < 1.29 is 19.0 Å². The van der Waals surface area contributed by atoms with E-state index >= 15 is 0 Å². The Morgan fingerprint density at radius 1 is 1.40 bits per heavy atom. The number of rotatable bonds is 7. The number of aliphatic hydroxyl groups is 1. The second-order valence-electron chi connectivity index (χ2n) is 5.44. The van der Waals surface area contributed by atoms with Crippen LogP contribution in [0.2, 0.25) is 0 Å². The van der Waals surface area contributed by atoms with Crippen LogP contribution in [-0.4, -0.2) is 31.0 Å². The van der Waals surface area contributed by atoms with E-state index < -0.39 is 6.10 Å². The summed E-state index contributed by atoms with van der Waals surface area (Å²) in [6.45, 7) is 2.74. The molecule has 1 atom stereocenters. The predicted molar refractivity (Wildman–Crippen MR) is 75.4 cm³/mol. The van der Waals surface area contributed by atoms with Crippen LogP contribution in [0.25, 0.3) is 0 Å². The lowest BCUT2D eigenvalue weighted by molar-refractivity contribution is -0.0376. The largest absolute Gasteiger partial charge is 0.494 e. The fraction of sp³-hybridized carbons (Fsp3) is 0.625. The van der Waals surface area contributed by atoms with E-state index in [0.29, 0.717) is 30.4 Å². The standard InChI is InChI=1S/C16H23FO3/c1-3-20-14-8-11(9-14)7-13(18)10-12-5-4-6-15(19-2)16(12)17/h4-6,11,13-14,18H,3,7-10H2,1-2H3. The molecule has 2 rings (SSSR count). The third kappa shape index (κ3) is 3.70. The van der Waals surface area contributed by atoms with Crippen LogP contribution in [0.5, 0.6) is 5.75 Å². The van der Waals surface area contributed by atoms with Crippen molar-refractivity contribution in [3.05, 3.63) is 29.6 Å². The number of aliphatic hydroxyl groups excluding tert-OH is 1. The smallest absolute Gasteiger partial charge is 0.168 e. The number of halogens is 1. The van der Waals surface area contributed by atoms with Gasteiger partial charge in [-0.3, -0.25) is 0 Å². The molecule has 0 aliphatic heterocycles. The molecule has 3 nitrogen and oxygen atoms in total. The van der Waals surface area contributed by atoms with Crippen molar-refractivity contribution in [2.45, 2.75) is 44.8 Å². The molecule has 1 fully saturated rings. The van der Waals surface area contributed by atoms with Crippen LogP contribution < -0.4 is 4.74 Å². The van der Waals surface area contributed by atoms with E-state index in [4.69, 9.17) is 9.47 Å². The maximum atomic E-state index is 14.0. The van der Waals surface area contributed by atoms with Gasteiger partial charge in [0.05, 0.1) is 19.3 Å². The summed E-state index contributed by atoms with van der Waals surface area (Å²) in [5.74, 6) is 0.361. The number of ether oxygens (including phenoxy) is 2. The lowest BCUT2D eigenvalue weighted by atomic mass is 9.78. The summed E-state index contributed by atoms with van der Waals surface area (Å²) in [4.78, 5) is 0. The fourth-order valence-corrected chi connectivity index (χ4v) is 2.83. The van der Waals surface area contributed by atoms with Gasteiger partial charge in [0, 0.05) is 13.0 Å². The second kappa shape index (κ2) is 7.04. The van der Waals surface area contributed by atoms with E-state index in [0.717, 1.165) is 19.4 Å². The quantitative estimate of drug-likeness (QED) is 0.835. The molecule has 20 heavy (non-hydrogen) atoms. The molecule has 112 valence electrons. The zero-order chi connectivity index (χ0) is 14.5. The van der Waals surface area contributed by atoms with Gasteiger partial charge in [0.2, 0.25) is 0 Å². The van der Waals surface area contributed by atoms with Crippen LogP contribution in [0.4, 0.5) is 4.39 Å². The highest BCUT2D eigenvalue weighted by Gasteiger charge is 2.31.